The Morgan fingerprint density at radius 3 is 3.35 bits per heavy atom. The summed E-state index contributed by atoms with van der Waals surface area (Å²) in [6.07, 6.45) is 7.40. The summed E-state index contributed by atoms with van der Waals surface area (Å²) in [7, 11) is 0. The highest BCUT2D eigenvalue weighted by molar-refractivity contribution is 7.15. The van der Waals surface area contributed by atoms with Crippen molar-refractivity contribution >= 4 is 28.3 Å². The van der Waals surface area contributed by atoms with Gasteiger partial charge in [0.1, 0.15) is 0 Å². The molecule has 0 unspecified atom stereocenters. The lowest BCUT2D eigenvalue weighted by atomic mass is 10.3. The average Bonchev–Trinajstić information content (AvgIpc) is 2.89. The molecule has 17 heavy (non-hydrogen) atoms. The molecule has 0 aliphatic heterocycles. The van der Waals surface area contributed by atoms with E-state index in [2.05, 4.69) is 10.3 Å². The number of amides is 1. The molecule has 0 aliphatic carbocycles. The number of aliphatic hydroxyl groups is 1. The maximum absolute atomic E-state index is 11.4. The smallest absolute Gasteiger partial charge is 0.244 e. The molecule has 0 bridgehead atoms. The average molecular weight is 251 g/mol. The molecule has 90 valence electrons. The molecule has 0 saturated heterocycles. The Morgan fingerprint density at radius 1 is 1.65 bits per heavy atom. The first-order valence-electron chi connectivity index (χ1n) is 5.28. The van der Waals surface area contributed by atoms with Crippen LogP contribution in [0.3, 0.4) is 0 Å². The lowest BCUT2D eigenvalue weighted by Crippen LogP contribution is -2.22. The van der Waals surface area contributed by atoms with E-state index in [4.69, 9.17) is 5.11 Å². The van der Waals surface area contributed by atoms with E-state index in [1.807, 2.05) is 16.0 Å². The molecular formula is C11H13N3O2S. The van der Waals surface area contributed by atoms with E-state index in [1.165, 1.54) is 6.08 Å². The van der Waals surface area contributed by atoms with Crippen molar-refractivity contribution in [2.75, 3.05) is 13.2 Å². The number of rotatable bonds is 5. The van der Waals surface area contributed by atoms with Gasteiger partial charge in [-0.25, -0.2) is 4.98 Å². The second-order valence-electron chi connectivity index (χ2n) is 3.44. The molecule has 0 radical (unpaired) electrons. The molecule has 6 heteroatoms. The summed E-state index contributed by atoms with van der Waals surface area (Å²) < 4.78 is 1.92. The fourth-order valence-corrected chi connectivity index (χ4v) is 2.08. The standard InChI is InChI=1S/C11H13N3O2S/c15-6-1-4-12-10(16)3-2-9-8-13-11-14(9)5-7-17-11/h2-3,5,7-8,15H,1,4,6H2,(H,12,16)/b3-2+. The van der Waals surface area contributed by atoms with Crippen LogP contribution in [0.2, 0.25) is 0 Å². The molecule has 0 spiro atoms. The number of hydrogen-bond acceptors (Lipinski definition) is 4. The second-order valence-corrected chi connectivity index (χ2v) is 4.31. The van der Waals surface area contributed by atoms with Gasteiger partial charge in [0.15, 0.2) is 4.96 Å². The lowest BCUT2D eigenvalue weighted by molar-refractivity contribution is -0.116. The van der Waals surface area contributed by atoms with Gasteiger partial charge in [-0.3, -0.25) is 9.20 Å². The van der Waals surface area contributed by atoms with Crippen molar-refractivity contribution in [1.29, 1.82) is 0 Å². The molecule has 0 aliphatic rings. The van der Waals surface area contributed by atoms with Crippen LogP contribution in [-0.2, 0) is 4.79 Å². The van der Waals surface area contributed by atoms with Crippen molar-refractivity contribution in [3.8, 4) is 0 Å². The molecule has 2 heterocycles. The minimum atomic E-state index is -0.163. The maximum Gasteiger partial charge on any atom is 0.244 e. The van der Waals surface area contributed by atoms with Crippen molar-refractivity contribution in [3.05, 3.63) is 29.5 Å². The van der Waals surface area contributed by atoms with Crippen LogP contribution in [0.5, 0.6) is 0 Å². The maximum atomic E-state index is 11.4. The number of nitrogens with zero attached hydrogens (tertiary/aromatic N) is 2. The zero-order valence-corrected chi connectivity index (χ0v) is 9.98. The summed E-state index contributed by atoms with van der Waals surface area (Å²) in [6, 6.07) is 0. The summed E-state index contributed by atoms with van der Waals surface area (Å²) >= 11 is 1.55. The van der Waals surface area contributed by atoms with E-state index in [0.717, 1.165) is 10.7 Å². The number of imidazole rings is 1. The van der Waals surface area contributed by atoms with Gasteiger partial charge in [-0.05, 0) is 12.5 Å². The van der Waals surface area contributed by atoms with E-state index in [9.17, 15) is 4.79 Å². The van der Waals surface area contributed by atoms with Crippen LogP contribution in [0, 0.1) is 0 Å². The summed E-state index contributed by atoms with van der Waals surface area (Å²) in [5.41, 5.74) is 0.874. The molecule has 0 saturated carbocycles. The van der Waals surface area contributed by atoms with Gasteiger partial charge in [0.05, 0.1) is 11.9 Å². The van der Waals surface area contributed by atoms with Gasteiger partial charge in [-0.2, -0.15) is 0 Å². The van der Waals surface area contributed by atoms with Crippen LogP contribution in [0.25, 0.3) is 11.0 Å². The van der Waals surface area contributed by atoms with Gasteiger partial charge in [-0.15, -0.1) is 11.3 Å². The monoisotopic (exact) mass is 251 g/mol. The molecule has 1 amide bonds. The number of hydrogen-bond donors (Lipinski definition) is 2. The Labute approximate surface area is 102 Å². The van der Waals surface area contributed by atoms with Crippen molar-refractivity contribution in [1.82, 2.24) is 14.7 Å². The Kier molecular flexibility index (Phi) is 3.89. The number of thiazole rings is 1. The normalized spacial score (nSPS) is 11.4. The van der Waals surface area contributed by atoms with E-state index < -0.39 is 0 Å². The number of nitrogens with one attached hydrogen (secondary N) is 1. The molecule has 0 aromatic carbocycles. The van der Waals surface area contributed by atoms with Crippen LogP contribution in [0.15, 0.2) is 23.8 Å². The highest BCUT2D eigenvalue weighted by Gasteiger charge is 2.01. The number of fused-ring (bicyclic) bond motifs is 1. The molecule has 2 rings (SSSR count). The molecule has 2 aromatic rings. The molecule has 2 aromatic heterocycles. The van der Waals surface area contributed by atoms with Gasteiger partial charge < -0.3 is 10.4 Å². The van der Waals surface area contributed by atoms with Crippen LogP contribution in [0.4, 0.5) is 0 Å². The van der Waals surface area contributed by atoms with Crippen LogP contribution in [-0.4, -0.2) is 33.6 Å². The van der Waals surface area contributed by atoms with Crippen molar-refractivity contribution < 1.29 is 9.90 Å². The third-order valence-corrected chi connectivity index (χ3v) is 2.99. The van der Waals surface area contributed by atoms with E-state index >= 15 is 0 Å². The fourth-order valence-electron chi connectivity index (χ4n) is 1.38. The zero-order valence-electron chi connectivity index (χ0n) is 9.17. The van der Waals surface area contributed by atoms with E-state index in [-0.39, 0.29) is 12.5 Å². The predicted molar refractivity (Wildman–Crippen MR) is 66.8 cm³/mol. The first-order chi connectivity index (χ1) is 8.31. The molecule has 0 atom stereocenters. The van der Waals surface area contributed by atoms with Gasteiger partial charge in [0.25, 0.3) is 0 Å². The van der Waals surface area contributed by atoms with Crippen LogP contribution in [0.1, 0.15) is 12.1 Å². The summed E-state index contributed by atoms with van der Waals surface area (Å²) in [4.78, 5) is 16.5. The lowest BCUT2D eigenvalue weighted by Gasteiger charge is -1.98. The molecule has 5 nitrogen and oxygen atoms in total. The van der Waals surface area contributed by atoms with Crippen LogP contribution >= 0.6 is 11.3 Å². The SMILES string of the molecule is O=C(/C=C/c1cnc2sccn12)NCCCO. The van der Waals surface area contributed by atoms with Crippen molar-refractivity contribution in [2.24, 2.45) is 0 Å². The summed E-state index contributed by atoms with van der Waals surface area (Å²) in [5.74, 6) is -0.163. The zero-order chi connectivity index (χ0) is 12.1. The number of aromatic nitrogens is 2. The van der Waals surface area contributed by atoms with Gasteiger partial charge in [0.2, 0.25) is 5.91 Å². The predicted octanol–water partition coefficient (Wildman–Crippen LogP) is 0.908. The first kappa shape index (κ1) is 11.8. The molecular weight excluding hydrogens is 238 g/mol. The number of aliphatic hydroxyl groups excluding tert-OH is 1. The topological polar surface area (TPSA) is 66.6 Å². The highest BCUT2D eigenvalue weighted by atomic mass is 32.1. The van der Waals surface area contributed by atoms with E-state index in [1.54, 1.807) is 23.6 Å². The van der Waals surface area contributed by atoms with Gasteiger partial charge >= 0.3 is 0 Å². The Balaban J connectivity index is 1.96. The first-order valence-corrected chi connectivity index (χ1v) is 6.16. The minimum Gasteiger partial charge on any atom is -0.396 e. The summed E-state index contributed by atoms with van der Waals surface area (Å²) in [5, 5.41) is 13.2. The Morgan fingerprint density at radius 2 is 2.53 bits per heavy atom. The second kappa shape index (κ2) is 5.60. The van der Waals surface area contributed by atoms with Gasteiger partial charge in [0, 0.05) is 30.8 Å². The van der Waals surface area contributed by atoms with Crippen molar-refractivity contribution in [2.45, 2.75) is 6.42 Å². The highest BCUT2D eigenvalue weighted by Crippen LogP contribution is 2.13. The molecule has 0 fully saturated rings. The Hall–Kier alpha value is -1.66. The third kappa shape index (κ3) is 2.92. The third-order valence-electron chi connectivity index (χ3n) is 2.21. The van der Waals surface area contributed by atoms with E-state index in [0.29, 0.717) is 13.0 Å². The largest absolute Gasteiger partial charge is 0.396 e. The van der Waals surface area contributed by atoms with Crippen LogP contribution < -0.4 is 5.32 Å². The number of carbonyl (C=O) groups excluding carboxylic acids is 1. The number of carbonyl (C=O) groups is 1. The molecule has 2 N–H and O–H groups in total. The van der Waals surface area contributed by atoms with Crippen molar-refractivity contribution in [3.63, 3.8) is 0 Å². The fraction of sp³-hybridized carbons (Fsp3) is 0.273. The minimum absolute atomic E-state index is 0.0855. The van der Waals surface area contributed by atoms with Gasteiger partial charge in [-0.1, -0.05) is 0 Å². The summed E-state index contributed by atoms with van der Waals surface area (Å²) in [6.45, 7) is 0.572. The quantitative estimate of drug-likeness (QED) is 0.613. The Bertz CT molecular complexity index is 530.